The van der Waals surface area contributed by atoms with Gasteiger partial charge in [0.15, 0.2) is 0 Å². The highest BCUT2D eigenvalue weighted by atomic mass is 16.5. The standard InChI is InChI=1S/C11H8N2O4/c1-5-8(9(11(14)15)17-13-5)7-4-6-2-3-12-10(6)16-7/h2-4,12H,1H3,(H,14,15). The smallest absolute Gasteiger partial charge is 0.375 e. The normalized spacial score (nSPS) is 11.1. The number of rotatable bonds is 2. The second kappa shape index (κ2) is 3.24. The molecule has 0 aliphatic carbocycles. The Labute approximate surface area is 94.8 Å². The van der Waals surface area contributed by atoms with Crippen LogP contribution in [0.25, 0.3) is 22.4 Å². The maximum absolute atomic E-state index is 11.0. The molecule has 0 radical (unpaired) electrons. The van der Waals surface area contributed by atoms with Crippen molar-refractivity contribution in [2.24, 2.45) is 0 Å². The highest BCUT2D eigenvalue weighted by molar-refractivity contribution is 5.94. The van der Waals surface area contributed by atoms with Crippen LogP contribution in [-0.2, 0) is 0 Å². The van der Waals surface area contributed by atoms with Gasteiger partial charge in [-0.3, -0.25) is 0 Å². The zero-order chi connectivity index (χ0) is 12.0. The van der Waals surface area contributed by atoms with Crippen LogP contribution in [0.4, 0.5) is 0 Å². The third-order valence-corrected chi connectivity index (χ3v) is 2.54. The fourth-order valence-corrected chi connectivity index (χ4v) is 1.78. The molecule has 3 aromatic heterocycles. The predicted molar refractivity (Wildman–Crippen MR) is 57.8 cm³/mol. The van der Waals surface area contributed by atoms with Crippen molar-refractivity contribution in [2.45, 2.75) is 6.92 Å². The van der Waals surface area contributed by atoms with Crippen molar-refractivity contribution >= 4 is 17.1 Å². The van der Waals surface area contributed by atoms with E-state index < -0.39 is 5.97 Å². The van der Waals surface area contributed by atoms with Gasteiger partial charge in [0.25, 0.3) is 5.76 Å². The first-order valence-electron chi connectivity index (χ1n) is 4.93. The minimum absolute atomic E-state index is 0.209. The number of aromatic carboxylic acids is 1. The fourth-order valence-electron chi connectivity index (χ4n) is 1.78. The molecule has 17 heavy (non-hydrogen) atoms. The van der Waals surface area contributed by atoms with Crippen LogP contribution in [0, 0.1) is 6.92 Å². The minimum atomic E-state index is -1.17. The molecule has 6 nitrogen and oxygen atoms in total. The maximum Gasteiger partial charge on any atom is 0.375 e. The van der Waals surface area contributed by atoms with Crippen LogP contribution in [0.5, 0.6) is 0 Å². The Morgan fingerprint density at radius 1 is 1.53 bits per heavy atom. The average Bonchev–Trinajstić information content (AvgIpc) is 2.88. The van der Waals surface area contributed by atoms with Gasteiger partial charge in [-0.2, -0.15) is 0 Å². The van der Waals surface area contributed by atoms with Crippen molar-refractivity contribution in [3.8, 4) is 11.3 Å². The van der Waals surface area contributed by atoms with E-state index in [0.29, 0.717) is 22.7 Å². The Bertz CT molecular complexity index is 676. The molecule has 0 aliphatic heterocycles. The van der Waals surface area contributed by atoms with Crippen LogP contribution >= 0.6 is 0 Å². The van der Waals surface area contributed by atoms with Gasteiger partial charge in [0, 0.05) is 11.6 Å². The van der Waals surface area contributed by atoms with E-state index in [2.05, 4.69) is 10.1 Å². The molecule has 0 amide bonds. The van der Waals surface area contributed by atoms with Crippen molar-refractivity contribution in [3.05, 3.63) is 29.8 Å². The number of aryl methyl sites for hydroxylation is 1. The largest absolute Gasteiger partial charge is 0.475 e. The number of carbonyl (C=O) groups is 1. The van der Waals surface area contributed by atoms with Crippen LogP contribution < -0.4 is 0 Å². The summed E-state index contributed by atoms with van der Waals surface area (Å²) in [5, 5.41) is 13.5. The molecule has 0 aromatic carbocycles. The monoisotopic (exact) mass is 232 g/mol. The topological polar surface area (TPSA) is 92.3 Å². The SMILES string of the molecule is Cc1noc(C(=O)O)c1-c1cc2cc[nH]c2o1. The van der Waals surface area contributed by atoms with Crippen LogP contribution in [0.1, 0.15) is 16.2 Å². The van der Waals surface area contributed by atoms with E-state index in [0.717, 1.165) is 5.39 Å². The zero-order valence-corrected chi connectivity index (χ0v) is 8.85. The van der Waals surface area contributed by atoms with Crippen LogP contribution in [0.15, 0.2) is 27.3 Å². The molecule has 0 bridgehead atoms. The minimum Gasteiger partial charge on any atom is -0.475 e. The summed E-state index contributed by atoms with van der Waals surface area (Å²) in [5.74, 6) is -0.942. The summed E-state index contributed by atoms with van der Waals surface area (Å²) in [4.78, 5) is 13.9. The van der Waals surface area contributed by atoms with Crippen molar-refractivity contribution < 1.29 is 18.8 Å². The van der Waals surface area contributed by atoms with Crippen LogP contribution in [0.3, 0.4) is 0 Å². The summed E-state index contributed by atoms with van der Waals surface area (Å²) in [5.41, 5.74) is 1.46. The summed E-state index contributed by atoms with van der Waals surface area (Å²) >= 11 is 0. The molecule has 0 saturated heterocycles. The summed E-state index contributed by atoms with van der Waals surface area (Å²) in [6, 6.07) is 3.59. The number of carboxylic acid groups (broad SMARTS) is 1. The first-order valence-corrected chi connectivity index (χ1v) is 4.93. The number of nitrogens with one attached hydrogen (secondary N) is 1. The summed E-state index contributed by atoms with van der Waals surface area (Å²) in [7, 11) is 0. The van der Waals surface area contributed by atoms with E-state index >= 15 is 0 Å². The molecule has 0 spiro atoms. The number of aromatic amines is 1. The molecule has 3 heterocycles. The molecule has 0 atom stereocenters. The molecular weight excluding hydrogens is 224 g/mol. The Morgan fingerprint density at radius 3 is 3.06 bits per heavy atom. The molecule has 0 fully saturated rings. The lowest BCUT2D eigenvalue weighted by molar-refractivity contribution is 0.0653. The van der Waals surface area contributed by atoms with E-state index in [1.807, 2.05) is 6.07 Å². The van der Waals surface area contributed by atoms with Gasteiger partial charge in [-0.15, -0.1) is 0 Å². The van der Waals surface area contributed by atoms with Crippen LogP contribution in [0.2, 0.25) is 0 Å². The van der Waals surface area contributed by atoms with Crippen LogP contribution in [-0.4, -0.2) is 21.2 Å². The number of hydrogen-bond acceptors (Lipinski definition) is 4. The van der Waals surface area contributed by atoms with Gasteiger partial charge < -0.3 is 19.0 Å². The van der Waals surface area contributed by atoms with Gasteiger partial charge in [0.05, 0.1) is 11.3 Å². The second-order valence-electron chi connectivity index (χ2n) is 3.65. The summed E-state index contributed by atoms with van der Waals surface area (Å²) < 4.78 is 10.3. The van der Waals surface area contributed by atoms with E-state index in [1.165, 1.54) is 0 Å². The Balaban J connectivity index is 2.24. The Kier molecular flexibility index (Phi) is 1.85. The first-order chi connectivity index (χ1) is 8.16. The lowest BCUT2D eigenvalue weighted by Crippen LogP contribution is -1.96. The van der Waals surface area contributed by atoms with Gasteiger partial charge in [0.1, 0.15) is 5.76 Å². The molecule has 3 aromatic rings. The Hall–Kier alpha value is -2.50. The van der Waals surface area contributed by atoms with E-state index in [-0.39, 0.29) is 5.76 Å². The number of furan rings is 1. The van der Waals surface area contributed by atoms with Crippen molar-refractivity contribution in [3.63, 3.8) is 0 Å². The average molecular weight is 232 g/mol. The van der Waals surface area contributed by atoms with E-state index in [1.54, 1.807) is 19.2 Å². The summed E-state index contributed by atoms with van der Waals surface area (Å²) in [6.07, 6.45) is 1.75. The van der Waals surface area contributed by atoms with Gasteiger partial charge >= 0.3 is 5.97 Å². The second-order valence-corrected chi connectivity index (χ2v) is 3.65. The number of H-pyrrole nitrogens is 1. The van der Waals surface area contributed by atoms with Crippen molar-refractivity contribution in [1.82, 2.24) is 10.1 Å². The maximum atomic E-state index is 11.0. The van der Waals surface area contributed by atoms with Gasteiger partial charge in [-0.05, 0) is 19.1 Å². The van der Waals surface area contributed by atoms with Crippen molar-refractivity contribution in [2.75, 3.05) is 0 Å². The highest BCUT2D eigenvalue weighted by Crippen LogP contribution is 2.31. The number of hydrogen-bond donors (Lipinski definition) is 2. The van der Waals surface area contributed by atoms with Gasteiger partial charge in [-0.25, -0.2) is 4.79 Å². The van der Waals surface area contributed by atoms with E-state index in [9.17, 15) is 4.79 Å². The molecule has 86 valence electrons. The number of fused-ring (bicyclic) bond motifs is 1. The molecule has 0 unspecified atom stereocenters. The van der Waals surface area contributed by atoms with Gasteiger partial charge in [-0.1, -0.05) is 5.16 Å². The van der Waals surface area contributed by atoms with E-state index in [4.69, 9.17) is 14.0 Å². The highest BCUT2D eigenvalue weighted by Gasteiger charge is 2.23. The molecule has 2 N–H and O–H groups in total. The third kappa shape index (κ3) is 1.34. The number of carboxylic acids is 1. The summed E-state index contributed by atoms with van der Waals surface area (Å²) in [6.45, 7) is 1.67. The molecular formula is C11H8N2O4. The Morgan fingerprint density at radius 2 is 2.35 bits per heavy atom. The zero-order valence-electron chi connectivity index (χ0n) is 8.85. The number of nitrogens with zero attached hydrogens (tertiary/aromatic N) is 1. The predicted octanol–water partition coefficient (Wildman–Crippen LogP) is 2.42. The van der Waals surface area contributed by atoms with Gasteiger partial charge in [0.2, 0.25) is 5.71 Å². The fraction of sp³-hybridized carbons (Fsp3) is 0.0909. The molecule has 0 saturated carbocycles. The lowest BCUT2D eigenvalue weighted by atomic mass is 10.1. The third-order valence-electron chi connectivity index (χ3n) is 2.54. The first kappa shape index (κ1) is 9.71. The molecule has 3 rings (SSSR count). The lowest BCUT2D eigenvalue weighted by Gasteiger charge is -1.93. The quantitative estimate of drug-likeness (QED) is 0.707. The molecule has 6 heteroatoms. The number of aromatic nitrogens is 2. The molecule has 0 aliphatic rings. The van der Waals surface area contributed by atoms with Crippen molar-refractivity contribution in [1.29, 1.82) is 0 Å².